The summed E-state index contributed by atoms with van der Waals surface area (Å²) in [5.74, 6) is -1.14. The number of allylic oxidation sites excluding steroid dienone is 2. The van der Waals surface area contributed by atoms with E-state index < -0.39 is 17.5 Å². The molecule has 1 aromatic carbocycles. The molecule has 0 spiro atoms. The van der Waals surface area contributed by atoms with Crippen LogP contribution in [0.4, 0.5) is 0 Å². The molecule has 0 radical (unpaired) electrons. The van der Waals surface area contributed by atoms with Crippen LogP contribution in [0, 0.1) is 5.41 Å². The van der Waals surface area contributed by atoms with Crippen LogP contribution in [-0.2, 0) is 4.79 Å². The zero-order chi connectivity index (χ0) is 15.6. The molecule has 110 valence electrons. The highest BCUT2D eigenvalue weighted by Gasteiger charge is 2.35. The average Bonchev–Trinajstić information content (AvgIpc) is 2.44. The first-order valence-electron chi connectivity index (χ1n) is 6.74. The van der Waals surface area contributed by atoms with E-state index in [2.05, 4.69) is 0 Å². The van der Waals surface area contributed by atoms with Gasteiger partial charge in [0.15, 0.2) is 5.78 Å². The molecule has 0 saturated carbocycles. The predicted octanol–water partition coefficient (Wildman–Crippen LogP) is 2.60. The Bertz CT molecular complexity index is 627. The first-order valence-corrected chi connectivity index (χ1v) is 6.74. The molecular formula is C17H18O4. The van der Waals surface area contributed by atoms with Crippen molar-refractivity contribution in [1.82, 2.24) is 0 Å². The highest BCUT2D eigenvalue weighted by Crippen LogP contribution is 2.36. The number of carboxylic acid groups (broad SMARTS) is 1. The van der Waals surface area contributed by atoms with Gasteiger partial charge in [-0.3, -0.25) is 9.59 Å². The molecule has 0 aromatic heterocycles. The van der Waals surface area contributed by atoms with Gasteiger partial charge in [0.2, 0.25) is 0 Å². The lowest BCUT2D eigenvalue weighted by Crippen LogP contribution is -2.31. The zero-order valence-corrected chi connectivity index (χ0v) is 12.0. The summed E-state index contributed by atoms with van der Waals surface area (Å²) in [5.41, 5.74) is 0.580. The Morgan fingerprint density at radius 1 is 1.19 bits per heavy atom. The highest BCUT2D eigenvalue weighted by molar-refractivity contribution is 6.03. The molecular weight excluding hydrogens is 268 g/mol. The number of aliphatic hydroxyl groups is 1. The minimum atomic E-state index is -1.02. The minimum Gasteiger partial charge on any atom is -0.481 e. The van der Waals surface area contributed by atoms with E-state index in [-0.39, 0.29) is 12.2 Å². The van der Waals surface area contributed by atoms with Gasteiger partial charge in [-0.25, -0.2) is 0 Å². The van der Waals surface area contributed by atoms with Gasteiger partial charge in [0.25, 0.3) is 0 Å². The fourth-order valence-electron chi connectivity index (χ4n) is 2.70. The Morgan fingerprint density at radius 2 is 1.81 bits per heavy atom. The molecule has 0 amide bonds. The van der Waals surface area contributed by atoms with Crippen LogP contribution in [0.15, 0.2) is 53.6 Å². The number of ketones is 1. The second kappa shape index (κ2) is 5.66. The molecule has 0 aliphatic heterocycles. The molecule has 2 unspecified atom stereocenters. The fourth-order valence-corrected chi connectivity index (χ4v) is 2.70. The van der Waals surface area contributed by atoms with Crippen LogP contribution in [-0.4, -0.2) is 28.1 Å². The predicted molar refractivity (Wildman–Crippen MR) is 79.0 cm³/mol. The lowest BCUT2D eigenvalue weighted by molar-refractivity contribution is -0.136. The number of carbonyl (C=O) groups excluding carboxylic acids is 1. The van der Waals surface area contributed by atoms with Gasteiger partial charge in [-0.15, -0.1) is 0 Å². The fraction of sp³-hybridized carbons (Fsp3) is 0.294. The molecule has 0 saturated heterocycles. The lowest BCUT2D eigenvalue weighted by atomic mass is 9.74. The van der Waals surface area contributed by atoms with Crippen LogP contribution >= 0.6 is 0 Å². The first kappa shape index (κ1) is 15.2. The monoisotopic (exact) mass is 286 g/mol. The van der Waals surface area contributed by atoms with Gasteiger partial charge >= 0.3 is 5.97 Å². The molecule has 1 aliphatic carbocycles. The number of hydrogen-bond donors (Lipinski definition) is 2. The van der Waals surface area contributed by atoms with Gasteiger partial charge in [0.1, 0.15) is 0 Å². The van der Waals surface area contributed by atoms with E-state index in [0.29, 0.717) is 16.7 Å². The van der Waals surface area contributed by atoms with E-state index in [4.69, 9.17) is 5.11 Å². The van der Waals surface area contributed by atoms with Crippen LogP contribution in [0.5, 0.6) is 0 Å². The Hall–Kier alpha value is -2.20. The maximum absolute atomic E-state index is 12.7. The van der Waals surface area contributed by atoms with E-state index in [9.17, 15) is 14.7 Å². The van der Waals surface area contributed by atoms with Crippen molar-refractivity contribution in [2.75, 3.05) is 0 Å². The summed E-state index contributed by atoms with van der Waals surface area (Å²) in [4.78, 5) is 23.6. The Balaban J connectivity index is 2.42. The van der Waals surface area contributed by atoms with E-state index in [1.54, 1.807) is 50.3 Å². The Kier molecular flexibility index (Phi) is 4.09. The number of benzene rings is 1. The molecule has 0 bridgehead atoms. The zero-order valence-electron chi connectivity index (χ0n) is 12.0. The van der Waals surface area contributed by atoms with Crippen molar-refractivity contribution >= 4 is 11.8 Å². The van der Waals surface area contributed by atoms with E-state index in [1.807, 2.05) is 6.07 Å². The number of aliphatic hydroxyl groups excluding tert-OH is 1. The topological polar surface area (TPSA) is 74.6 Å². The SMILES string of the molecule is CC1=CC(C)(C(=O)c2ccccc2)C=C(CC(=O)O)C1O. The summed E-state index contributed by atoms with van der Waals surface area (Å²) in [5, 5.41) is 19.0. The smallest absolute Gasteiger partial charge is 0.307 e. The average molecular weight is 286 g/mol. The van der Waals surface area contributed by atoms with Gasteiger partial charge in [0.05, 0.1) is 17.9 Å². The molecule has 2 atom stereocenters. The number of Topliss-reactive ketones (excluding diaryl/α,β-unsaturated/α-hetero) is 1. The number of carboxylic acids is 1. The Labute approximate surface area is 123 Å². The number of carbonyl (C=O) groups is 2. The molecule has 1 aromatic rings. The van der Waals surface area contributed by atoms with Gasteiger partial charge in [-0.05, 0) is 25.0 Å². The normalized spacial score (nSPS) is 25.0. The van der Waals surface area contributed by atoms with Crippen LogP contribution in [0.2, 0.25) is 0 Å². The van der Waals surface area contributed by atoms with E-state index in [0.717, 1.165) is 0 Å². The molecule has 4 heteroatoms. The second-order valence-corrected chi connectivity index (χ2v) is 5.56. The first-order chi connectivity index (χ1) is 9.83. The molecule has 2 rings (SSSR count). The van der Waals surface area contributed by atoms with Crippen molar-refractivity contribution in [2.45, 2.75) is 26.4 Å². The van der Waals surface area contributed by atoms with Gasteiger partial charge < -0.3 is 10.2 Å². The number of hydrogen-bond acceptors (Lipinski definition) is 3. The molecule has 4 nitrogen and oxygen atoms in total. The van der Waals surface area contributed by atoms with Gasteiger partial charge in [-0.1, -0.05) is 42.5 Å². The number of aliphatic carboxylic acids is 1. The van der Waals surface area contributed by atoms with Crippen LogP contribution in [0.25, 0.3) is 0 Å². The van der Waals surface area contributed by atoms with Crippen LogP contribution < -0.4 is 0 Å². The standard InChI is InChI=1S/C17H18O4/c1-11-9-17(2,10-13(15(11)20)8-14(18)19)16(21)12-6-4-3-5-7-12/h3-7,9-10,15,20H,8H2,1-2H3,(H,18,19). The summed E-state index contributed by atoms with van der Waals surface area (Å²) in [6.45, 7) is 3.44. The maximum Gasteiger partial charge on any atom is 0.307 e. The second-order valence-electron chi connectivity index (χ2n) is 5.56. The summed E-state index contributed by atoms with van der Waals surface area (Å²) in [6, 6.07) is 8.86. The quantitative estimate of drug-likeness (QED) is 0.659. The van der Waals surface area contributed by atoms with Crippen molar-refractivity contribution in [3.8, 4) is 0 Å². The van der Waals surface area contributed by atoms with Crippen molar-refractivity contribution in [3.63, 3.8) is 0 Å². The lowest BCUT2D eigenvalue weighted by Gasteiger charge is -2.30. The van der Waals surface area contributed by atoms with Crippen LogP contribution in [0.3, 0.4) is 0 Å². The highest BCUT2D eigenvalue weighted by atomic mass is 16.4. The summed E-state index contributed by atoms with van der Waals surface area (Å²) >= 11 is 0. The van der Waals surface area contributed by atoms with Gasteiger partial charge in [-0.2, -0.15) is 0 Å². The molecule has 1 aliphatic rings. The minimum absolute atomic E-state index is 0.114. The summed E-state index contributed by atoms with van der Waals surface area (Å²) < 4.78 is 0. The largest absolute Gasteiger partial charge is 0.481 e. The molecule has 0 fully saturated rings. The van der Waals surface area contributed by atoms with Crippen molar-refractivity contribution in [3.05, 3.63) is 59.2 Å². The van der Waals surface area contributed by atoms with Crippen molar-refractivity contribution < 1.29 is 19.8 Å². The van der Waals surface area contributed by atoms with Crippen molar-refractivity contribution in [2.24, 2.45) is 5.41 Å². The molecule has 0 heterocycles. The van der Waals surface area contributed by atoms with E-state index >= 15 is 0 Å². The summed E-state index contributed by atoms with van der Waals surface area (Å²) in [6.07, 6.45) is 2.08. The third kappa shape index (κ3) is 3.11. The summed E-state index contributed by atoms with van der Waals surface area (Å²) in [7, 11) is 0. The van der Waals surface area contributed by atoms with Gasteiger partial charge in [0, 0.05) is 5.56 Å². The van der Waals surface area contributed by atoms with Crippen LogP contribution in [0.1, 0.15) is 30.6 Å². The third-order valence-electron chi connectivity index (χ3n) is 3.68. The van der Waals surface area contributed by atoms with Crippen molar-refractivity contribution in [1.29, 1.82) is 0 Å². The number of rotatable bonds is 4. The maximum atomic E-state index is 12.7. The Morgan fingerprint density at radius 3 is 2.38 bits per heavy atom. The van der Waals surface area contributed by atoms with E-state index in [1.165, 1.54) is 0 Å². The molecule has 21 heavy (non-hydrogen) atoms. The molecule has 2 N–H and O–H groups in total. The third-order valence-corrected chi connectivity index (χ3v) is 3.68.